The van der Waals surface area contributed by atoms with Crippen LogP contribution in [0.1, 0.15) is 39.0 Å². The molecule has 7 heteroatoms. The second-order valence-electron chi connectivity index (χ2n) is 4.82. The normalized spacial score (nSPS) is 20.2. The number of hydrogen-bond donors (Lipinski definition) is 1. The summed E-state index contributed by atoms with van der Waals surface area (Å²) in [5, 5.41) is 2.12. The van der Waals surface area contributed by atoms with Gasteiger partial charge in [0.25, 0.3) is 0 Å². The zero-order valence-electron chi connectivity index (χ0n) is 10.9. The van der Waals surface area contributed by atoms with E-state index in [0.29, 0.717) is 6.54 Å². The van der Waals surface area contributed by atoms with Gasteiger partial charge in [-0.05, 0) is 26.2 Å². The van der Waals surface area contributed by atoms with Gasteiger partial charge in [-0.25, -0.2) is 0 Å². The molecule has 0 radical (unpaired) electrons. The van der Waals surface area contributed by atoms with Crippen molar-refractivity contribution < 1.29 is 22.8 Å². The minimum absolute atomic E-state index is 0.0447. The summed E-state index contributed by atoms with van der Waals surface area (Å²) in [4.78, 5) is 24.5. The Morgan fingerprint density at radius 1 is 1.32 bits per heavy atom. The largest absolute Gasteiger partial charge is 0.397 e. The molecular formula is C12H19F3N2O2. The Bertz CT molecular complexity index is 331. The fourth-order valence-electron chi connectivity index (χ4n) is 2.17. The van der Waals surface area contributed by atoms with E-state index in [1.807, 2.05) is 6.92 Å². The molecule has 1 heterocycles. The van der Waals surface area contributed by atoms with Crippen molar-refractivity contribution in [1.29, 1.82) is 0 Å². The van der Waals surface area contributed by atoms with Crippen molar-refractivity contribution >= 4 is 11.8 Å². The van der Waals surface area contributed by atoms with Gasteiger partial charge in [0.05, 0.1) is 0 Å². The molecule has 110 valence electrons. The molecule has 0 bridgehead atoms. The monoisotopic (exact) mass is 280 g/mol. The second kappa shape index (κ2) is 6.77. The number of amides is 2. The van der Waals surface area contributed by atoms with Crippen LogP contribution in [-0.2, 0) is 9.59 Å². The van der Waals surface area contributed by atoms with Gasteiger partial charge in [0, 0.05) is 25.6 Å². The van der Waals surface area contributed by atoms with Crippen molar-refractivity contribution in [1.82, 2.24) is 10.2 Å². The van der Waals surface area contributed by atoms with Gasteiger partial charge in [-0.3, -0.25) is 9.59 Å². The van der Waals surface area contributed by atoms with Gasteiger partial charge >= 0.3 is 6.18 Å². The standard InChI is InChI=1S/C12H19F3N2O2/c1-9-4-2-3-7-17(9)11(19)5-6-16-10(18)8-12(13,14)15/h9H,2-8H2,1H3,(H,16,18). The van der Waals surface area contributed by atoms with Crippen LogP contribution in [0.4, 0.5) is 13.2 Å². The first-order valence-corrected chi connectivity index (χ1v) is 6.42. The molecule has 1 fully saturated rings. The lowest BCUT2D eigenvalue weighted by Gasteiger charge is -2.33. The molecule has 1 aliphatic heterocycles. The molecule has 1 rings (SSSR count). The molecule has 0 spiro atoms. The lowest BCUT2D eigenvalue weighted by molar-refractivity contribution is -0.153. The van der Waals surface area contributed by atoms with Crippen molar-refractivity contribution in [3.8, 4) is 0 Å². The predicted molar refractivity (Wildman–Crippen MR) is 63.3 cm³/mol. The maximum absolute atomic E-state index is 11.9. The van der Waals surface area contributed by atoms with Crippen LogP contribution in [0.15, 0.2) is 0 Å². The van der Waals surface area contributed by atoms with Gasteiger partial charge in [-0.15, -0.1) is 0 Å². The Kier molecular flexibility index (Phi) is 5.62. The van der Waals surface area contributed by atoms with Gasteiger partial charge in [0.1, 0.15) is 6.42 Å². The summed E-state index contributed by atoms with van der Waals surface area (Å²) in [7, 11) is 0. The predicted octanol–water partition coefficient (Wildman–Crippen LogP) is 1.85. The van der Waals surface area contributed by atoms with Crippen LogP contribution in [0.2, 0.25) is 0 Å². The first kappa shape index (κ1) is 15.8. The molecule has 0 aromatic carbocycles. The third-order valence-corrected chi connectivity index (χ3v) is 3.15. The van der Waals surface area contributed by atoms with Crippen molar-refractivity contribution in [3.63, 3.8) is 0 Å². The highest BCUT2D eigenvalue weighted by Crippen LogP contribution is 2.19. The zero-order valence-corrected chi connectivity index (χ0v) is 10.9. The minimum Gasteiger partial charge on any atom is -0.355 e. The molecule has 1 N–H and O–H groups in total. The Hall–Kier alpha value is -1.27. The van der Waals surface area contributed by atoms with E-state index in [1.165, 1.54) is 0 Å². The molecule has 2 amide bonds. The van der Waals surface area contributed by atoms with E-state index < -0.39 is 18.5 Å². The molecule has 1 unspecified atom stereocenters. The van der Waals surface area contributed by atoms with Crippen LogP contribution in [0.25, 0.3) is 0 Å². The van der Waals surface area contributed by atoms with Crippen molar-refractivity contribution in [2.75, 3.05) is 13.1 Å². The number of nitrogens with one attached hydrogen (secondary N) is 1. The number of carbonyl (C=O) groups excluding carboxylic acids is 2. The highest BCUT2D eigenvalue weighted by Gasteiger charge is 2.31. The van der Waals surface area contributed by atoms with Crippen molar-refractivity contribution in [2.45, 2.75) is 51.2 Å². The number of piperidine rings is 1. The van der Waals surface area contributed by atoms with Gasteiger partial charge in [-0.1, -0.05) is 0 Å². The van der Waals surface area contributed by atoms with E-state index in [9.17, 15) is 22.8 Å². The molecule has 1 atom stereocenters. The Morgan fingerprint density at radius 2 is 2.00 bits per heavy atom. The second-order valence-corrected chi connectivity index (χ2v) is 4.82. The summed E-state index contributed by atoms with van der Waals surface area (Å²) in [6.07, 6.45) is -2.96. The Morgan fingerprint density at radius 3 is 2.58 bits per heavy atom. The summed E-state index contributed by atoms with van der Waals surface area (Å²) in [6, 6.07) is 0.173. The number of nitrogens with zero attached hydrogens (tertiary/aromatic N) is 1. The molecule has 0 aromatic rings. The van der Waals surface area contributed by atoms with Crippen molar-refractivity contribution in [3.05, 3.63) is 0 Å². The lowest BCUT2D eigenvalue weighted by Crippen LogP contribution is -2.43. The van der Waals surface area contributed by atoms with E-state index in [-0.39, 0.29) is 24.9 Å². The quantitative estimate of drug-likeness (QED) is 0.854. The number of halogens is 3. The number of carbonyl (C=O) groups is 2. The van der Waals surface area contributed by atoms with Crippen LogP contribution in [0, 0.1) is 0 Å². The van der Waals surface area contributed by atoms with E-state index in [4.69, 9.17) is 0 Å². The number of hydrogen-bond acceptors (Lipinski definition) is 2. The summed E-state index contributed by atoms with van der Waals surface area (Å²) in [5.74, 6) is -1.20. The summed E-state index contributed by atoms with van der Waals surface area (Å²) >= 11 is 0. The number of rotatable bonds is 4. The van der Waals surface area contributed by atoms with Crippen LogP contribution in [0.3, 0.4) is 0 Å². The molecule has 0 aromatic heterocycles. The molecular weight excluding hydrogens is 261 g/mol. The van der Waals surface area contributed by atoms with Crippen LogP contribution in [-0.4, -0.2) is 42.0 Å². The first-order valence-electron chi connectivity index (χ1n) is 6.42. The van der Waals surface area contributed by atoms with Gasteiger partial charge in [-0.2, -0.15) is 13.2 Å². The summed E-state index contributed by atoms with van der Waals surface area (Å²) in [6.45, 7) is 2.60. The lowest BCUT2D eigenvalue weighted by atomic mass is 10.0. The molecule has 4 nitrogen and oxygen atoms in total. The van der Waals surface area contributed by atoms with Gasteiger partial charge in [0.2, 0.25) is 11.8 Å². The first-order chi connectivity index (χ1) is 8.79. The highest BCUT2D eigenvalue weighted by atomic mass is 19.4. The zero-order chi connectivity index (χ0) is 14.5. The Labute approximate surface area is 110 Å². The topological polar surface area (TPSA) is 49.4 Å². The minimum atomic E-state index is -4.50. The molecule has 1 saturated heterocycles. The fraction of sp³-hybridized carbons (Fsp3) is 0.833. The SMILES string of the molecule is CC1CCCCN1C(=O)CCNC(=O)CC(F)(F)F. The van der Waals surface area contributed by atoms with Gasteiger partial charge in [0.15, 0.2) is 0 Å². The smallest absolute Gasteiger partial charge is 0.355 e. The molecule has 19 heavy (non-hydrogen) atoms. The summed E-state index contributed by atoms with van der Waals surface area (Å²) in [5.41, 5.74) is 0. The molecule has 0 saturated carbocycles. The third-order valence-electron chi connectivity index (χ3n) is 3.15. The average Bonchev–Trinajstić information content (AvgIpc) is 2.26. The maximum Gasteiger partial charge on any atom is 0.397 e. The average molecular weight is 280 g/mol. The molecule has 1 aliphatic rings. The molecule has 0 aliphatic carbocycles. The van der Waals surface area contributed by atoms with Crippen LogP contribution >= 0.6 is 0 Å². The fourth-order valence-corrected chi connectivity index (χ4v) is 2.17. The third kappa shape index (κ3) is 5.94. The van der Waals surface area contributed by atoms with Gasteiger partial charge < -0.3 is 10.2 Å². The Balaban J connectivity index is 2.25. The number of alkyl halides is 3. The van der Waals surface area contributed by atoms with Crippen LogP contribution in [0.5, 0.6) is 0 Å². The van der Waals surface area contributed by atoms with E-state index in [2.05, 4.69) is 5.32 Å². The highest BCUT2D eigenvalue weighted by molar-refractivity contribution is 5.79. The summed E-state index contributed by atoms with van der Waals surface area (Å²) < 4.78 is 35.7. The number of likely N-dealkylation sites (tertiary alicyclic amines) is 1. The maximum atomic E-state index is 11.9. The van der Waals surface area contributed by atoms with E-state index in [1.54, 1.807) is 4.90 Å². The van der Waals surface area contributed by atoms with E-state index in [0.717, 1.165) is 19.3 Å². The van der Waals surface area contributed by atoms with Crippen molar-refractivity contribution in [2.24, 2.45) is 0 Å². The van der Waals surface area contributed by atoms with Crippen LogP contribution < -0.4 is 5.32 Å². The van der Waals surface area contributed by atoms with E-state index >= 15 is 0 Å².